The first kappa shape index (κ1) is 24.0. The highest BCUT2D eigenvalue weighted by molar-refractivity contribution is 5.98. The van der Waals surface area contributed by atoms with Crippen molar-refractivity contribution < 1.29 is 14.3 Å². The van der Waals surface area contributed by atoms with Gasteiger partial charge in [0.25, 0.3) is 5.91 Å². The molecule has 1 saturated heterocycles. The van der Waals surface area contributed by atoms with E-state index in [2.05, 4.69) is 23.9 Å². The molecule has 0 unspecified atom stereocenters. The molecule has 2 aromatic heterocycles. The maximum atomic E-state index is 13.4. The molecule has 4 heterocycles. The largest absolute Gasteiger partial charge is 0.491 e. The van der Waals surface area contributed by atoms with Gasteiger partial charge in [-0.2, -0.15) is 5.10 Å². The summed E-state index contributed by atoms with van der Waals surface area (Å²) in [5.41, 5.74) is 1.72. The molecule has 0 atom stereocenters. The van der Waals surface area contributed by atoms with Crippen molar-refractivity contribution in [3.63, 3.8) is 0 Å². The van der Waals surface area contributed by atoms with Gasteiger partial charge in [0.1, 0.15) is 36.2 Å². The van der Waals surface area contributed by atoms with Crippen molar-refractivity contribution in [1.82, 2.24) is 34.1 Å². The summed E-state index contributed by atoms with van der Waals surface area (Å²) in [6.45, 7) is 14.2. The van der Waals surface area contributed by atoms with E-state index in [4.69, 9.17) is 9.72 Å². The third-order valence-corrected chi connectivity index (χ3v) is 6.61. The zero-order chi connectivity index (χ0) is 25.8. The quantitative estimate of drug-likeness (QED) is 0.558. The molecular weight excluding hydrogens is 458 g/mol. The summed E-state index contributed by atoms with van der Waals surface area (Å²) in [4.78, 5) is 39.1. The standard InChI is InChI=1S/C26H33N7O3/c1-16(2)33-24(27-17(3)29-33)20-14-30-11-12-36-21-8-7-18(13-19(21)23(30)28-20)25(35)31-9-10-32(22(34)15-31)26(4,5)6/h7-8,13-14,16H,9-12,15H2,1-6H3. The predicted octanol–water partition coefficient (Wildman–Crippen LogP) is 3.17. The molecule has 2 aliphatic heterocycles. The average Bonchev–Trinajstić information content (AvgIpc) is 3.37. The van der Waals surface area contributed by atoms with Crippen LogP contribution in [0.5, 0.6) is 5.75 Å². The van der Waals surface area contributed by atoms with Crippen molar-refractivity contribution >= 4 is 11.8 Å². The minimum absolute atomic E-state index is 0.0371. The first-order valence-corrected chi connectivity index (χ1v) is 12.4. The topological polar surface area (TPSA) is 98.4 Å². The van der Waals surface area contributed by atoms with Gasteiger partial charge < -0.3 is 19.1 Å². The van der Waals surface area contributed by atoms with Crippen LogP contribution in [0.15, 0.2) is 24.4 Å². The van der Waals surface area contributed by atoms with Gasteiger partial charge in [-0.25, -0.2) is 14.6 Å². The third-order valence-electron chi connectivity index (χ3n) is 6.61. The van der Waals surface area contributed by atoms with E-state index in [-0.39, 0.29) is 29.9 Å². The molecule has 1 fully saturated rings. The number of piperazine rings is 1. The van der Waals surface area contributed by atoms with Crippen molar-refractivity contribution in [2.45, 2.75) is 59.7 Å². The first-order chi connectivity index (χ1) is 17.0. The number of hydrogen-bond donors (Lipinski definition) is 0. The Morgan fingerprint density at radius 3 is 2.56 bits per heavy atom. The van der Waals surface area contributed by atoms with Gasteiger partial charge in [-0.3, -0.25) is 9.59 Å². The lowest BCUT2D eigenvalue weighted by atomic mass is 10.0. The molecule has 0 saturated carbocycles. The smallest absolute Gasteiger partial charge is 0.254 e. The monoisotopic (exact) mass is 491 g/mol. The van der Waals surface area contributed by atoms with E-state index < -0.39 is 0 Å². The van der Waals surface area contributed by atoms with Crippen LogP contribution >= 0.6 is 0 Å². The van der Waals surface area contributed by atoms with Crippen LogP contribution in [-0.2, 0) is 11.3 Å². The summed E-state index contributed by atoms with van der Waals surface area (Å²) >= 11 is 0. The van der Waals surface area contributed by atoms with E-state index in [0.717, 1.165) is 17.1 Å². The molecule has 2 aliphatic rings. The van der Waals surface area contributed by atoms with E-state index in [9.17, 15) is 9.59 Å². The Morgan fingerprint density at radius 1 is 1.08 bits per heavy atom. The Hall–Kier alpha value is -3.69. The van der Waals surface area contributed by atoms with Crippen molar-refractivity contribution in [3.05, 3.63) is 35.8 Å². The number of ether oxygens (including phenoxy) is 1. The molecule has 0 spiro atoms. The molecule has 10 heteroatoms. The van der Waals surface area contributed by atoms with Gasteiger partial charge in [0.2, 0.25) is 5.91 Å². The van der Waals surface area contributed by atoms with Crippen molar-refractivity contribution in [3.8, 4) is 28.7 Å². The number of nitrogens with zero attached hydrogens (tertiary/aromatic N) is 7. The molecule has 2 amide bonds. The number of imidazole rings is 1. The lowest BCUT2D eigenvalue weighted by Gasteiger charge is -2.42. The number of benzene rings is 1. The van der Waals surface area contributed by atoms with Crippen molar-refractivity contribution in [2.24, 2.45) is 0 Å². The minimum atomic E-state index is -0.263. The maximum Gasteiger partial charge on any atom is 0.254 e. The lowest BCUT2D eigenvalue weighted by molar-refractivity contribution is -0.140. The second-order valence-electron chi connectivity index (χ2n) is 10.7. The van der Waals surface area contributed by atoms with E-state index in [1.807, 2.05) is 60.2 Å². The molecule has 0 N–H and O–H groups in total. The van der Waals surface area contributed by atoms with Crippen LogP contribution in [0.1, 0.15) is 56.8 Å². The van der Waals surface area contributed by atoms with E-state index in [0.29, 0.717) is 49.2 Å². The molecule has 3 aromatic rings. The van der Waals surface area contributed by atoms with Gasteiger partial charge in [0.15, 0.2) is 5.82 Å². The number of carbonyl (C=O) groups is 2. The normalized spacial score (nSPS) is 16.0. The van der Waals surface area contributed by atoms with E-state index in [1.165, 1.54) is 0 Å². The van der Waals surface area contributed by atoms with Crippen molar-refractivity contribution in [2.75, 3.05) is 26.2 Å². The molecule has 10 nitrogen and oxygen atoms in total. The van der Waals surface area contributed by atoms with Gasteiger partial charge >= 0.3 is 0 Å². The number of rotatable bonds is 3. The number of hydrogen-bond acceptors (Lipinski definition) is 6. The Kier molecular flexibility index (Phi) is 5.84. The molecular formula is C26H33N7O3. The maximum absolute atomic E-state index is 13.4. The highest BCUT2D eigenvalue weighted by Crippen LogP contribution is 2.35. The fourth-order valence-corrected chi connectivity index (χ4v) is 4.83. The van der Waals surface area contributed by atoms with Gasteiger partial charge in [-0.1, -0.05) is 0 Å². The van der Waals surface area contributed by atoms with Crippen LogP contribution in [0.25, 0.3) is 22.9 Å². The molecule has 36 heavy (non-hydrogen) atoms. The summed E-state index contributed by atoms with van der Waals surface area (Å²) < 4.78 is 9.89. The Bertz CT molecular complexity index is 1330. The predicted molar refractivity (Wildman–Crippen MR) is 135 cm³/mol. The summed E-state index contributed by atoms with van der Waals surface area (Å²) in [5.74, 6) is 2.60. The average molecular weight is 492 g/mol. The molecule has 0 bridgehead atoms. The fraction of sp³-hybridized carbons (Fsp3) is 0.500. The van der Waals surface area contributed by atoms with Crippen LogP contribution in [0, 0.1) is 6.92 Å². The SMILES string of the molecule is Cc1nc(-c2cn3c(n2)-c2cc(C(=O)N4CCN(C(C)(C)C)C(=O)C4)ccc2OCC3)n(C(C)C)n1. The first-order valence-electron chi connectivity index (χ1n) is 12.4. The van der Waals surface area contributed by atoms with Crippen molar-refractivity contribution in [1.29, 1.82) is 0 Å². The van der Waals surface area contributed by atoms with Crippen LogP contribution in [-0.4, -0.2) is 77.7 Å². The Morgan fingerprint density at radius 2 is 1.86 bits per heavy atom. The van der Waals surface area contributed by atoms with Crippen LogP contribution in [0.3, 0.4) is 0 Å². The second kappa shape index (κ2) is 8.76. The zero-order valence-corrected chi connectivity index (χ0v) is 21.8. The summed E-state index contributed by atoms with van der Waals surface area (Å²) in [6, 6.07) is 5.55. The summed E-state index contributed by atoms with van der Waals surface area (Å²) in [7, 11) is 0. The summed E-state index contributed by atoms with van der Waals surface area (Å²) in [5, 5.41) is 4.52. The third kappa shape index (κ3) is 4.25. The van der Waals surface area contributed by atoms with Gasteiger partial charge in [-0.15, -0.1) is 0 Å². The number of aryl methyl sites for hydroxylation is 1. The highest BCUT2D eigenvalue weighted by atomic mass is 16.5. The van der Waals surface area contributed by atoms with Gasteiger partial charge in [-0.05, 0) is 59.7 Å². The van der Waals surface area contributed by atoms with E-state index >= 15 is 0 Å². The van der Waals surface area contributed by atoms with E-state index in [1.54, 1.807) is 11.0 Å². The molecule has 1 aromatic carbocycles. The highest BCUT2D eigenvalue weighted by Gasteiger charge is 2.34. The molecule has 190 valence electrons. The Balaban J connectivity index is 1.47. The summed E-state index contributed by atoms with van der Waals surface area (Å²) in [6.07, 6.45) is 1.97. The minimum Gasteiger partial charge on any atom is -0.491 e. The zero-order valence-electron chi connectivity index (χ0n) is 21.8. The second-order valence-corrected chi connectivity index (χ2v) is 10.7. The number of aromatic nitrogens is 5. The van der Waals surface area contributed by atoms with Crippen LogP contribution in [0.4, 0.5) is 0 Å². The fourth-order valence-electron chi connectivity index (χ4n) is 4.83. The Labute approximate surface area is 210 Å². The van der Waals surface area contributed by atoms with Crippen LogP contribution in [0.2, 0.25) is 0 Å². The number of amides is 2. The van der Waals surface area contributed by atoms with Gasteiger partial charge in [0, 0.05) is 36.4 Å². The molecule has 0 radical (unpaired) electrons. The van der Waals surface area contributed by atoms with Crippen LogP contribution < -0.4 is 4.74 Å². The molecule has 0 aliphatic carbocycles. The lowest BCUT2D eigenvalue weighted by Crippen LogP contribution is -2.58. The van der Waals surface area contributed by atoms with Gasteiger partial charge in [0.05, 0.1) is 12.1 Å². The number of carbonyl (C=O) groups excluding carboxylic acids is 2. The number of fused-ring (bicyclic) bond motifs is 3. The molecule has 5 rings (SSSR count).